The summed E-state index contributed by atoms with van der Waals surface area (Å²) in [5, 5.41) is 14.3. The second-order valence-electron chi connectivity index (χ2n) is 12.7. The molecule has 1 fully saturated rings. The first-order chi connectivity index (χ1) is 22.6. The van der Waals surface area contributed by atoms with Gasteiger partial charge in [0.25, 0.3) is 5.91 Å². The minimum atomic E-state index is -1.27. The molecule has 8 heteroatoms. The lowest BCUT2D eigenvalue weighted by atomic mass is 9.83. The number of aryl methyl sites for hydroxylation is 1. The smallest absolute Gasteiger partial charge is 0.326 e. The van der Waals surface area contributed by atoms with Gasteiger partial charge in [0.05, 0.1) is 12.7 Å². The second kappa shape index (κ2) is 14.6. The van der Waals surface area contributed by atoms with Crippen LogP contribution < -0.4 is 10.1 Å². The van der Waals surface area contributed by atoms with Crippen molar-refractivity contribution in [3.05, 3.63) is 101 Å². The fourth-order valence-electron chi connectivity index (χ4n) is 7.11. The van der Waals surface area contributed by atoms with E-state index in [2.05, 4.69) is 29.3 Å². The monoisotopic (exact) mass is 642 g/mol. The van der Waals surface area contributed by atoms with Gasteiger partial charge in [0.2, 0.25) is 0 Å². The molecule has 1 saturated heterocycles. The van der Waals surface area contributed by atoms with E-state index in [1.807, 2.05) is 49.4 Å². The summed E-state index contributed by atoms with van der Waals surface area (Å²) in [5.74, 6) is -1.96. The molecule has 0 saturated carbocycles. The highest BCUT2D eigenvalue weighted by Gasteiger charge is 2.38. The normalized spacial score (nSPS) is 19.0. The molecule has 4 aromatic carbocycles. The standard InChI is InChI=1S/C39H44F2N2O4/c1-5-18-39(41)19-20-43(28(6-2)23-39)24-26-16-17-32(35(21-26)47-4)31-14-9-12-29-27(11-8-13-30(29)31)22-34(38(45)46)42-37(44)36-25(3)10-7-15-33(36)40/h7-17,21,28,34H,5-6,18-20,22-24H2,1-4H3,(H,42,44)(H,45,46)/t28?,34-,39?/m0/s1. The summed E-state index contributed by atoms with van der Waals surface area (Å²) in [6.45, 7) is 7.22. The molecule has 47 heavy (non-hydrogen) atoms. The third kappa shape index (κ3) is 7.49. The number of amides is 1. The van der Waals surface area contributed by atoms with Crippen LogP contribution in [0.1, 0.15) is 73.0 Å². The molecule has 0 aromatic heterocycles. The summed E-state index contributed by atoms with van der Waals surface area (Å²) < 4.78 is 35.7. The van der Waals surface area contributed by atoms with Crippen molar-refractivity contribution in [2.75, 3.05) is 13.7 Å². The van der Waals surface area contributed by atoms with E-state index in [1.54, 1.807) is 20.1 Å². The summed E-state index contributed by atoms with van der Waals surface area (Å²) >= 11 is 0. The summed E-state index contributed by atoms with van der Waals surface area (Å²) in [7, 11) is 1.65. The number of halogens is 2. The second-order valence-corrected chi connectivity index (χ2v) is 12.7. The Balaban J connectivity index is 1.40. The zero-order chi connectivity index (χ0) is 33.7. The molecule has 1 amide bonds. The zero-order valence-corrected chi connectivity index (χ0v) is 27.6. The lowest BCUT2D eigenvalue weighted by Crippen LogP contribution is -2.47. The Labute approximate surface area is 275 Å². The van der Waals surface area contributed by atoms with Crippen LogP contribution in [0, 0.1) is 12.7 Å². The SMILES string of the molecule is CCCC1(F)CCN(Cc2ccc(-c3cccc4c(C[C@H](NC(=O)c5c(C)cccc5F)C(=O)O)cccc34)c(OC)c2)C(CC)C1. The number of aliphatic carboxylic acids is 1. The molecule has 0 radical (unpaired) electrons. The van der Waals surface area contributed by atoms with Gasteiger partial charge in [-0.15, -0.1) is 0 Å². The number of nitrogens with zero attached hydrogens (tertiary/aromatic N) is 1. The van der Waals surface area contributed by atoms with Crippen molar-refractivity contribution in [3.63, 3.8) is 0 Å². The van der Waals surface area contributed by atoms with Crippen LogP contribution in [0.5, 0.6) is 5.75 Å². The number of carboxylic acids is 1. The molecule has 2 N–H and O–H groups in total. The molecule has 0 aliphatic carbocycles. The highest BCUT2D eigenvalue weighted by molar-refractivity contribution is 6.01. The van der Waals surface area contributed by atoms with E-state index in [9.17, 15) is 19.1 Å². The quantitative estimate of drug-likeness (QED) is 0.163. The molecule has 0 bridgehead atoms. The molecule has 1 heterocycles. The molecule has 6 nitrogen and oxygen atoms in total. The Morgan fingerprint density at radius 3 is 2.49 bits per heavy atom. The Hall–Kier alpha value is -4.30. The van der Waals surface area contributed by atoms with Crippen LogP contribution in [-0.2, 0) is 17.8 Å². The maximum absolute atomic E-state index is 15.4. The Morgan fingerprint density at radius 2 is 1.79 bits per heavy atom. The summed E-state index contributed by atoms with van der Waals surface area (Å²) in [6.07, 6.45) is 3.51. The van der Waals surface area contributed by atoms with Crippen molar-refractivity contribution in [1.29, 1.82) is 0 Å². The first kappa shape index (κ1) is 34.0. The fourth-order valence-corrected chi connectivity index (χ4v) is 7.11. The number of nitrogens with one attached hydrogen (secondary N) is 1. The van der Waals surface area contributed by atoms with Crippen LogP contribution in [0.25, 0.3) is 21.9 Å². The third-order valence-electron chi connectivity index (χ3n) is 9.56. The highest BCUT2D eigenvalue weighted by Crippen LogP contribution is 2.39. The average Bonchev–Trinajstić information content (AvgIpc) is 3.05. The minimum absolute atomic E-state index is 0.0122. The van der Waals surface area contributed by atoms with E-state index in [0.29, 0.717) is 37.1 Å². The number of methoxy groups -OCH3 is 1. The van der Waals surface area contributed by atoms with Crippen LogP contribution in [0.4, 0.5) is 8.78 Å². The molecule has 5 rings (SSSR count). The number of hydrogen-bond acceptors (Lipinski definition) is 4. The number of carboxylic acid groups (broad SMARTS) is 1. The van der Waals surface area contributed by atoms with Crippen LogP contribution in [0.3, 0.4) is 0 Å². The van der Waals surface area contributed by atoms with Gasteiger partial charge < -0.3 is 15.2 Å². The van der Waals surface area contributed by atoms with Crippen molar-refractivity contribution in [1.82, 2.24) is 10.2 Å². The van der Waals surface area contributed by atoms with Crippen LogP contribution in [0.2, 0.25) is 0 Å². The molecule has 4 aromatic rings. The van der Waals surface area contributed by atoms with E-state index < -0.39 is 29.4 Å². The molecular formula is C39H44F2N2O4. The van der Waals surface area contributed by atoms with Crippen LogP contribution in [-0.4, -0.2) is 53.3 Å². The summed E-state index contributed by atoms with van der Waals surface area (Å²) in [4.78, 5) is 27.6. The Morgan fingerprint density at radius 1 is 1.04 bits per heavy atom. The van der Waals surface area contributed by atoms with Gasteiger partial charge >= 0.3 is 5.97 Å². The van der Waals surface area contributed by atoms with E-state index in [-0.39, 0.29) is 18.0 Å². The number of piperidine rings is 1. The van der Waals surface area contributed by atoms with Gasteiger partial charge in [0.1, 0.15) is 23.3 Å². The number of likely N-dealkylation sites (tertiary alicyclic amines) is 1. The van der Waals surface area contributed by atoms with Crippen LogP contribution in [0.15, 0.2) is 72.8 Å². The topological polar surface area (TPSA) is 78.9 Å². The van der Waals surface area contributed by atoms with Crippen molar-refractivity contribution in [2.45, 2.75) is 83.6 Å². The largest absolute Gasteiger partial charge is 0.496 e. The predicted molar refractivity (Wildman–Crippen MR) is 182 cm³/mol. The first-order valence-corrected chi connectivity index (χ1v) is 16.5. The number of carbonyl (C=O) groups is 2. The van der Waals surface area contributed by atoms with Crippen molar-refractivity contribution >= 4 is 22.6 Å². The van der Waals surface area contributed by atoms with Gasteiger partial charge in [-0.05, 0) is 77.8 Å². The maximum atomic E-state index is 15.4. The molecule has 1 aliphatic rings. The zero-order valence-electron chi connectivity index (χ0n) is 27.6. The molecular weight excluding hydrogens is 598 g/mol. The van der Waals surface area contributed by atoms with Gasteiger partial charge in [-0.25, -0.2) is 13.6 Å². The lowest BCUT2D eigenvalue weighted by Gasteiger charge is -2.42. The number of hydrogen-bond donors (Lipinski definition) is 2. The van der Waals surface area contributed by atoms with Crippen molar-refractivity contribution in [2.24, 2.45) is 0 Å². The van der Waals surface area contributed by atoms with Gasteiger partial charge in [0, 0.05) is 31.1 Å². The lowest BCUT2D eigenvalue weighted by molar-refractivity contribution is -0.139. The van der Waals surface area contributed by atoms with Crippen LogP contribution >= 0.6 is 0 Å². The molecule has 1 aliphatic heterocycles. The van der Waals surface area contributed by atoms with Gasteiger partial charge in [-0.3, -0.25) is 9.69 Å². The van der Waals surface area contributed by atoms with E-state index >= 15 is 4.39 Å². The number of fused-ring (bicyclic) bond motifs is 1. The predicted octanol–water partition coefficient (Wildman–Crippen LogP) is 8.27. The molecule has 248 valence electrons. The Kier molecular flexibility index (Phi) is 10.6. The summed E-state index contributed by atoms with van der Waals surface area (Å²) in [5.41, 5.74) is 2.85. The van der Waals surface area contributed by atoms with Gasteiger partial charge in [-0.2, -0.15) is 0 Å². The maximum Gasteiger partial charge on any atom is 0.326 e. The number of carbonyl (C=O) groups excluding carboxylic acids is 1. The first-order valence-electron chi connectivity index (χ1n) is 16.5. The van der Waals surface area contributed by atoms with Gasteiger partial charge in [0.15, 0.2) is 0 Å². The molecule has 3 atom stereocenters. The molecule has 2 unspecified atom stereocenters. The van der Waals surface area contributed by atoms with Crippen molar-refractivity contribution < 1.29 is 28.2 Å². The highest BCUT2D eigenvalue weighted by atomic mass is 19.1. The van der Waals surface area contributed by atoms with E-state index in [1.165, 1.54) is 12.1 Å². The van der Waals surface area contributed by atoms with Gasteiger partial charge in [-0.1, -0.05) is 80.9 Å². The average molecular weight is 643 g/mol. The number of benzene rings is 4. The van der Waals surface area contributed by atoms with E-state index in [4.69, 9.17) is 4.74 Å². The Bertz CT molecular complexity index is 1740. The minimum Gasteiger partial charge on any atom is -0.496 e. The third-order valence-corrected chi connectivity index (χ3v) is 9.56. The van der Waals surface area contributed by atoms with Crippen molar-refractivity contribution in [3.8, 4) is 16.9 Å². The number of alkyl halides is 1. The van der Waals surface area contributed by atoms with E-state index in [0.717, 1.165) is 52.4 Å². The molecule has 0 spiro atoms. The number of ether oxygens (including phenoxy) is 1. The fraction of sp³-hybridized carbons (Fsp3) is 0.385. The number of rotatable bonds is 12. The summed E-state index contributed by atoms with van der Waals surface area (Å²) in [6, 6.07) is 21.0.